The van der Waals surface area contributed by atoms with Crippen molar-refractivity contribution in [2.75, 3.05) is 26.6 Å². The van der Waals surface area contributed by atoms with Crippen molar-refractivity contribution < 1.29 is 28.5 Å². The van der Waals surface area contributed by atoms with Gasteiger partial charge in [0.1, 0.15) is 5.75 Å². The number of esters is 1. The molecule has 0 fully saturated rings. The van der Waals surface area contributed by atoms with Gasteiger partial charge in [-0.2, -0.15) is 0 Å². The molecule has 0 saturated carbocycles. The molecule has 2 aromatic rings. The molecule has 7 nitrogen and oxygen atoms in total. The fraction of sp³-hybridized carbons (Fsp3) is 0.300. The number of carbonyl (C=O) groups excluding carboxylic acids is 2. The Kier molecular flexibility index (Phi) is 7.05. The van der Waals surface area contributed by atoms with E-state index in [9.17, 15) is 9.59 Å². The van der Waals surface area contributed by atoms with E-state index < -0.39 is 18.0 Å². The second-order valence-corrected chi connectivity index (χ2v) is 5.68. The highest BCUT2D eigenvalue weighted by molar-refractivity contribution is 5.95. The van der Waals surface area contributed by atoms with Gasteiger partial charge in [0.05, 0.1) is 27.8 Å². The van der Waals surface area contributed by atoms with Gasteiger partial charge >= 0.3 is 5.97 Å². The van der Waals surface area contributed by atoms with Crippen molar-refractivity contribution in [2.24, 2.45) is 0 Å². The molecule has 1 N–H and O–H groups in total. The maximum atomic E-state index is 12.3. The third kappa shape index (κ3) is 5.37. The fourth-order valence-electron chi connectivity index (χ4n) is 2.45. The highest BCUT2D eigenvalue weighted by atomic mass is 16.5. The number of methoxy groups -OCH3 is 3. The molecule has 144 valence electrons. The summed E-state index contributed by atoms with van der Waals surface area (Å²) in [4.78, 5) is 24.4. The number of hydrogen-bond donors (Lipinski definition) is 1. The van der Waals surface area contributed by atoms with Crippen molar-refractivity contribution in [3.8, 4) is 17.2 Å². The maximum absolute atomic E-state index is 12.3. The standard InChI is InChI=1S/C20H23NO6/c1-13(27-19(22)11-14-7-5-6-8-16(14)24-2)20(23)21-15-9-10-17(25-3)18(12-15)26-4/h5-10,12-13H,11H2,1-4H3,(H,21,23)/t13-/m1/s1. The SMILES string of the molecule is COc1ccccc1CC(=O)O[C@H](C)C(=O)Nc1ccc(OC)c(OC)c1. The Labute approximate surface area is 158 Å². The number of carbonyl (C=O) groups is 2. The van der Waals surface area contributed by atoms with E-state index in [1.165, 1.54) is 28.3 Å². The number of amides is 1. The zero-order valence-corrected chi connectivity index (χ0v) is 15.8. The largest absolute Gasteiger partial charge is 0.496 e. The lowest BCUT2D eigenvalue weighted by molar-refractivity contribution is -0.152. The number of anilines is 1. The van der Waals surface area contributed by atoms with E-state index in [1.807, 2.05) is 6.07 Å². The van der Waals surface area contributed by atoms with Gasteiger partial charge in [-0.3, -0.25) is 9.59 Å². The van der Waals surface area contributed by atoms with Gasteiger partial charge in [0, 0.05) is 17.3 Å². The molecule has 2 rings (SSSR count). The minimum atomic E-state index is -0.958. The molecule has 0 aromatic heterocycles. The molecule has 0 aliphatic rings. The zero-order valence-electron chi connectivity index (χ0n) is 15.8. The van der Waals surface area contributed by atoms with Crippen LogP contribution in [-0.4, -0.2) is 39.3 Å². The highest BCUT2D eigenvalue weighted by Gasteiger charge is 2.19. The molecule has 0 aliphatic heterocycles. The van der Waals surface area contributed by atoms with Gasteiger partial charge in [-0.1, -0.05) is 18.2 Å². The lowest BCUT2D eigenvalue weighted by Crippen LogP contribution is -2.30. The lowest BCUT2D eigenvalue weighted by Gasteiger charge is -2.15. The summed E-state index contributed by atoms with van der Waals surface area (Å²) in [5.41, 5.74) is 1.20. The third-order valence-electron chi connectivity index (χ3n) is 3.86. The molecule has 0 aliphatic carbocycles. The number of benzene rings is 2. The van der Waals surface area contributed by atoms with Crippen LogP contribution in [0, 0.1) is 0 Å². The monoisotopic (exact) mass is 373 g/mol. The summed E-state index contributed by atoms with van der Waals surface area (Å²) in [7, 11) is 4.56. The van der Waals surface area contributed by atoms with Gasteiger partial charge in [-0.05, 0) is 25.1 Å². The molecule has 0 heterocycles. The van der Waals surface area contributed by atoms with Crippen LogP contribution in [0.15, 0.2) is 42.5 Å². The fourth-order valence-corrected chi connectivity index (χ4v) is 2.45. The van der Waals surface area contributed by atoms with E-state index in [2.05, 4.69) is 5.32 Å². The molecule has 0 bridgehead atoms. The van der Waals surface area contributed by atoms with Gasteiger partial charge in [0.2, 0.25) is 0 Å². The number of para-hydroxylation sites is 1. The van der Waals surface area contributed by atoms with Crippen LogP contribution >= 0.6 is 0 Å². The van der Waals surface area contributed by atoms with Gasteiger partial charge in [-0.15, -0.1) is 0 Å². The predicted octanol–water partition coefficient (Wildman–Crippen LogP) is 2.83. The van der Waals surface area contributed by atoms with E-state index in [0.717, 1.165) is 0 Å². The number of hydrogen-bond acceptors (Lipinski definition) is 6. The summed E-state index contributed by atoms with van der Waals surface area (Å²) in [6.07, 6.45) is -0.946. The Bertz CT molecular complexity index is 805. The van der Waals surface area contributed by atoms with Crippen molar-refractivity contribution in [1.29, 1.82) is 0 Å². The first-order valence-corrected chi connectivity index (χ1v) is 8.32. The maximum Gasteiger partial charge on any atom is 0.311 e. The molecular weight excluding hydrogens is 350 g/mol. The number of rotatable bonds is 8. The Morgan fingerprint density at radius 1 is 0.926 bits per heavy atom. The summed E-state index contributed by atoms with van der Waals surface area (Å²) in [6, 6.07) is 12.1. The first kappa shape index (κ1) is 20.1. The molecule has 0 unspecified atom stereocenters. The molecule has 0 radical (unpaired) electrons. The molecule has 0 saturated heterocycles. The first-order chi connectivity index (χ1) is 13.0. The smallest absolute Gasteiger partial charge is 0.311 e. The summed E-state index contributed by atoms with van der Waals surface area (Å²) in [6.45, 7) is 1.51. The van der Waals surface area contributed by atoms with Crippen LogP contribution in [0.5, 0.6) is 17.2 Å². The van der Waals surface area contributed by atoms with Gasteiger partial charge in [-0.25, -0.2) is 0 Å². The van der Waals surface area contributed by atoms with E-state index in [1.54, 1.807) is 36.4 Å². The van der Waals surface area contributed by atoms with Crippen LogP contribution in [0.25, 0.3) is 0 Å². The van der Waals surface area contributed by atoms with Crippen molar-refractivity contribution >= 4 is 17.6 Å². The van der Waals surface area contributed by atoms with Gasteiger partial charge in [0.25, 0.3) is 5.91 Å². The van der Waals surface area contributed by atoms with Gasteiger partial charge < -0.3 is 24.3 Å². The second-order valence-electron chi connectivity index (χ2n) is 5.68. The summed E-state index contributed by atoms with van der Waals surface area (Å²) < 4.78 is 20.8. The molecule has 1 amide bonds. The minimum absolute atomic E-state index is 0.0119. The Hall–Kier alpha value is -3.22. The van der Waals surface area contributed by atoms with E-state index >= 15 is 0 Å². The average Bonchev–Trinajstić information content (AvgIpc) is 2.68. The molecule has 27 heavy (non-hydrogen) atoms. The predicted molar refractivity (Wildman–Crippen MR) is 100 cm³/mol. The molecule has 0 spiro atoms. The lowest BCUT2D eigenvalue weighted by atomic mass is 10.1. The van der Waals surface area contributed by atoms with Crippen molar-refractivity contribution in [2.45, 2.75) is 19.4 Å². The van der Waals surface area contributed by atoms with Crippen LogP contribution in [-0.2, 0) is 20.7 Å². The van der Waals surface area contributed by atoms with Crippen LogP contribution in [0.2, 0.25) is 0 Å². The Balaban J connectivity index is 1.96. The van der Waals surface area contributed by atoms with Crippen LogP contribution in [0.4, 0.5) is 5.69 Å². The van der Waals surface area contributed by atoms with Crippen LogP contribution in [0.3, 0.4) is 0 Å². The van der Waals surface area contributed by atoms with Crippen LogP contribution in [0.1, 0.15) is 12.5 Å². The third-order valence-corrected chi connectivity index (χ3v) is 3.86. The number of ether oxygens (including phenoxy) is 4. The highest BCUT2D eigenvalue weighted by Crippen LogP contribution is 2.29. The average molecular weight is 373 g/mol. The molecule has 1 atom stereocenters. The van der Waals surface area contributed by atoms with Crippen molar-refractivity contribution in [3.63, 3.8) is 0 Å². The summed E-state index contributed by atoms with van der Waals surface area (Å²) in [5.74, 6) is 0.657. The second kappa shape index (κ2) is 9.47. The Morgan fingerprint density at radius 2 is 1.59 bits per heavy atom. The Morgan fingerprint density at radius 3 is 2.26 bits per heavy atom. The van der Waals surface area contributed by atoms with Crippen LogP contribution < -0.4 is 19.5 Å². The van der Waals surface area contributed by atoms with E-state index in [4.69, 9.17) is 18.9 Å². The topological polar surface area (TPSA) is 83.1 Å². The van der Waals surface area contributed by atoms with Crippen molar-refractivity contribution in [3.05, 3.63) is 48.0 Å². The van der Waals surface area contributed by atoms with E-state index in [0.29, 0.717) is 28.5 Å². The minimum Gasteiger partial charge on any atom is -0.496 e. The van der Waals surface area contributed by atoms with Crippen molar-refractivity contribution in [1.82, 2.24) is 0 Å². The quantitative estimate of drug-likeness (QED) is 0.717. The molecule has 7 heteroatoms. The summed E-state index contributed by atoms with van der Waals surface area (Å²) in [5, 5.41) is 2.68. The van der Waals surface area contributed by atoms with E-state index in [-0.39, 0.29) is 6.42 Å². The normalized spacial score (nSPS) is 11.3. The molecular formula is C20H23NO6. The first-order valence-electron chi connectivity index (χ1n) is 8.32. The zero-order chi connectivity index (χ0) is 19.8. The molecule has 2 aromatic carbocycles. The number of nitrogens with one attached hydrogen (secondary N) is 1. The van der Waals surface area contributed by atoms with Gasteiger partial charge in [0.15, 0.2) is 17.6 Å². The summed E-state index contributed by atoms with van der Waals surface area (Å²) >= 11 is 0.